The van der Waals surface area contributed by atoms with E-state index in [1.165, 1.54) is 0 Å². The summed E-state index contributed by atoms with van der Waals surface area (Å²) in [4.78, 5) is 20.3. The van der Waals surface area contributed by atoms with Crippen molar-refractivity contribution in [1.82, 2.24) is 4.98 Å². The monoisotopic (exact) mass is 304 g/mol. The second kappa shape index (κ2) is 6.83. The minimum atomic E-state index is -0.266. The Bertz CT molecular complexity index is 872. The number of rotatable bonds is 4. The van der Waals surface area contributed by atoms with Gasteiger partial charge in [0.1, 0.15) is 5.75 Å². The summed E-state index contributed by atoms with van der Waals surface area (Å²) >= 11 is 0. The Kier molecular flexibility index (Phi) is 4.43. The molecule has 0 aliphatic heterocycles. The minimum Gasteiger partial charge on any atom is -0.426 e. The summed E-state index contributed by atoms with van der Waals surface area (Å²) < 4.78 is 5.31. The van der Waals surface area contributed by atoms with Crippen LogP contribution in [0.15, 0.2) is 65.8 Å². The van der Waals surface area contributed by atoms with Crippen LogP contribution in [-0.2, 0) is 4.79 Å². The van der Waals surface area contributed by atoms with Gasteiger partial charge in [0.2, 0.25) is 0 Å². The molecule has 3 rings (SSSR count). The first-order valence-corrected chi connectivity index (χ1v) is 7.45. The third kappa shape index (κ3) is 3.61. The molecule has 1 heterocycles. The zero-order valence-electron chi connectivity index (χ0n) is 12.8. The summed E-state index contributed by atoms with van der Waals surface area (Å²) in [6, 6.07) is 17.2. The van der Waals surface area contributed by atoms with Crippen LogP contribution in [0.3, 0.4) is 0 Å². The third-order valence-electron chi connectivity index (χ3n) is 3.36. The van der Waals surface area contributed by atoms with E-state index in [9.17, 15) is 4.79 Å². The highest BCUT2D eigenvalue weighted by molar-refractivity contribution is 5.88. The van der Waals surface area contributed by atoms with Crippen LogP contribution in [-0.4, -0.2) is 17.2 Å². The Morgan fingerprint density at radius 2 is 1.96 bits per heavy atom. The number of hydrogen-bond acceptors (Lipinski definition) is 4. The average Bonchev–Trinajstić information content (AvgIpc) is 2.60. The molecule has 2 aromatic carbocycles. The van der Waals surface area contributed by atoms with Crippen molar-refractivity contribution >= 4 is 28.8 Å². The number of fused-ring (bicyclic) bond motifs is 1. The molecule has 114 valence electrons. The van der Waals surface area contributed by atoms with Crippen molar-refractivity contribution in [2.75, 3.05) is 0 Å². The number of benzene rings is 2. The molecule has 4 heteroatoms. The van der Waals surface area contributed by atoms with Gasteiger partial charge in [0.15, 0.2) is 0 Å². The molecule has 0 fully saturated rings. The number of para-hydroxylation sites is 2. The molecule has 0 saturated carbocycles. The average molecular weight is 304 g/mol. The van der Waals surface area contributed by atoms with Crippen LogP contribution in [0.1, 0.15) is 18.9 Å². The fraction of sp³-hybridized carbons (Fsp3) is 0.105. The standard InChI is InChI=1S/C19H16N2O2/c1-2-19(22)23-18-10-6-4-8-15(18)12-20-16-11-14-7-3-5-9-17(14)21-13-16/h3-13H,2H2,1H3. The number of nitrogens with zero attached hydrogens (tertiary/aromatic N) is 2. The van der Waals surface area contributed by atoms with Crippen LogP contribution in [0.4, 0.5) is 5.69 Å². The fourth-order valence-electron chi connectivity index (χ4n) is 2.15. The van der Waals surface area contributed by atoms with Crippen LogP contribution in [0.25, 0.3) is 10.9 Å². The van der Waals surface area contributed by atoms with E-state index in [0.29, 0.717) is 12.2 Å². The highest BCUT2D eigenvalue weighted by Crippen LogP contribution is 2.20. The summed E-state index contributed by atoms with van der Waals surface area (Å²) in [5.41, 5.74) is 2.44. The van der Waals surface area contributed by atoms with Gasteiger partial charge in [-0.2, -0.15) is 0 Å². The van der Waals surface area contributed by atoms with Crippen molar-refractivity contribution in [3.8, 4) is 5.75 Å². The van der Waals surface area contributed by atoms with E-state index in [0.717, 1.165) is 22.2 Å². The summed E-state index contributed by atoms with van der Waals surface area (Å²) in [5, 5.41) is 1.04. The zero-order valence-corrected chi connectivity index (χ0v) is 12.8. The SMILES string of the molecule is CCC(=O)Oc1ccccc1C=Nc1cnc2ccccc2c1. The quantitative estimate of drug-likeness (QED) is 0.410. The van der Waals surface area contributed by atoms with Crippen molar-refractivity contribution in [1.29, 1.82) is 0 Å². The number of aromatic nitrogens is 1. The molecule has 0 aliphatic rings. The van der Waals surface area contributed by atoms with Crippen molar-refractivity contribution in [2.24, 2.45) is 4.99 Å². The normalized spacial score (nSPS) is 11.0. The molecule has 0 unspecified atom stereocenters. The first kappa shape index (κ1) is 14.9. The van der Waals surface area contributed by atoms with E-state index in [4.69, 9.17) is 4.74 Å². The largest absolute Gasteiger partial charge is 0.426 e. The lowest BCUT2D eigenvalue weighted by atomic mass is 10.2. The van der Waals surface area contributed by atoms with Gasteiger partial charge in [0.25, 0.3) is 0 Å². The number of hydrogen-bond donors (Lipinski definition) is 0. The van der Waals surface area contributed by atoms with Gasteiger partial charge in [-0.15, -0.1) is 0 Å². The summed E-state index contributed by atoms with van der Waals surface area (Å²) in [6.45, 7) is 1.76. The van der Waals surface area contributed by atoms with Gasteiger partial charge in [-0.1, -0.05) is 37.3 Å². The molecular formula is C19H16N2O2. The van der Waals surface area contributed by atoms with Crippen LogP contribution in [0.2, 0.25) is 0 Å². The molecule has 23 heavy (non-hydrogen) atoms. The lowest BCUT2D eigenvalue weighted by molar-refractivity contribution is -0.134. The van der Waals surface area contributed by atoms with Crippen LogP contribution >= 0.6 is 0 Å². The maximum Gasteiger partial charge on any atom is 0.310 e. The molecule has 4 nitrogen and oxygen atoms in total. The van der Waals surface area contributed by atoms with E-state index in [2.05, 4.69) is 9.98 Å². The van der Waals surface area contributed by atoms with Gasteiger partial charge in [0.05, 0.1) is 17.4 Å². The lowest BCUT2D eigenvalue weighted by Crippen LogP contribution is -2.07. The highest BCUT2D eigenvalue weighted by Gasteiger charge is 2.05. The van der Waals surface area contributed by atoms with Crippen molar-refractivity contribution in [2.45, 2.75) is 13.3 Å². The van der Waals surface area contributed by atoms with E-state index in [-0.39, 0.29) is 5.97 Å². The number of esters is 1. The van der Waals surface area contributed by atoms with Gasteiger partial charge >= 0.3 is 5.97 Å². The van der Waals surface area contributed by atoms with Crippen molar-refractivity contribution in [3.63, 3.8) is 0 Å². The minimum absolute atomic E-state index is 0.266. The Balaban J connectivity index is 1.88. The lowest BCUT2D eigenvalue weighted by Gasteiger charge is -2.05. The second-order valence-corrected chi connectivity index (χ2v) is 5.01. The molecule has 0 atom stereocenters. The molecule has 0 saturated heterocycles. The number of pyridine rings is 1. The second-order valence-electron chi connectivity index (χ2n) is 5.01. The van der Waals surface area contributed by atoms with E-state index in [1.807, 2.05) is 48.5 Å². The predicted molar refractivity (Wildman–Crippen MR) is 91.4 cm³/mol. The van der Waals surface area contributed by atoms with Crippen LogP contribution in [0, 0.1) is 0 Å². The van der Waals surface area contributed by atoms with E-state index in [1.54, 1.807) is 25.4 Å². The Hall–Kier alpha value is -3.01. The topological polar surface area (TPSA) is 51.5 Å². The maximum absolute atomic E-state index is 11.5. The smallest absolute Gasteiger partial charge is 0.310 e. The fourth-order valence-corrected chi connectivity index (χ4v) is 2.15. The number of carbonyl (C=O) groups is 1. The van der Waals surface area contributed by atoms with Gasteiger partial charge < -0.3 is 4.74 Å². The molecule has 0 spiro atoms. The molecule has 3 aromatic rings. The van der Waals surface area contributed by atoms with Gasteiger partial charge in [-0.05, 0) is 24.3 Å². The molecular weight excluding hydrogens is 288 g/mol. The highest BCUT2D eigenvalue weighted by atomic mass is 16.5. The number of carbonyl (C=O) groups excluding carboxylic acids is 1. The predicted octanol–water partition coefficient (Wildman–Crippen LogP) is 4.30. The van der Waals surface area contributed by atoms with Gasteiger partial charge in [-0.25, -0.2) is 0 Å². The third-order valence-corrected chi connectivity index (χ3v) is 3.36. The Morgan fingerprint density at radius 1 is 1.17 bits per heavy atom. The molecule has 0 aliphatic carbocycles. The van der Waals surface area contributed by atoms with Crippen LogP contribution in [0.5, 0.6) is 5.75 Å². The van der Waals surface area contributed by atoms with E-state index >= 15 is 0 Å². The van der Waals surface area contributed by atoms with E-state index < -0.39 is 0 Å². The first-order valence-electron chi connectivity index (χ1n) is 7.45. The zero-order chi connectivity index (χ0) is 16.1. The maximum atomic E-state index is 11.5. The van der Waals surface area contributed by atoms with Gasteiger partial charge in [0, 0.05) is 23.6 Å². The number of ether oxygens (including phenoxy) is 1. The van der Waals surface area contributed by atoms with Crippen molar-refractivity contribution < 1.29 is 9.53 Å². The van der Waals surface area contributed by atoms with Gasteiger partial charge in [-0.3, -0.25) is 14.8 Å². The summed E-state index contributed by atoms with van der Waals surface area (Å²) in [6.07, 6.45) is 3.74. The molecule has 0 N–H and O–H groups in total. The Labute approximate surface area is 134 Å². The van der Waals surface area contributed by atoms with Crippen LogP contribution < -0.4 is 4.74 Å². The molecule has 0 radical (unpaired) electrons. The Morgan fingerprint density at radius 3 is 2.83 bits per heavy atom. The summed E-state index contributed by atoms with van der Waals surface area (Å²) in [7, 11) is 0. The summed E-state index contributed by atoms with van der Waals surface area (Å²) in [5.74, 6) is 0.245. The molecule has 1 aromatic heterocycles. The molecule has 0 bridgehead atoms. The first-order chi connectivity index (χ1) is 11.3. The van der Waals surface area contributed by atoms with Crippen molar-refractivity contribution in [3.05, 3.63) is 66.4 Å². The number of aliphatic imine (C=N–C) groups is 1. The molecule has 0 amide bonds.